The van der Waals surface area contributed by atoms with Crippen LogP contribution in [0.2, 0.25) is 0 Å². The first-order chi connectivity index (χ1) is 13.3. The zero-order chi connectivity index (χ0) is 20.3. The highest BCUT2D eigenvalue weighted by molar-refractivity contribution is 5.95. The molecule has 7 nitrogen and oxygen atoms in total. The van der Waals surface area contributed by atoms with Crippen molar-refractivity contribution in [1.82, 2.24) is 20.0 Å². The average Bonchev–Trinajstić information content (AvgIpc) is 3.29. The Bertz CT molecular complexity index is 840. The first kappa shape index (κ1) is 22.8. The Morgan fingerprint density at radius 1 is 1.31 bits per heavy atom. The number of rotatable bonds is 6. The second kappa shape index (κ2) is 9.84. The molecule has 0 bridgehead atoms. The third kappa shape index (κ3) is 5.55. The van der Waals surface area contributed by atoms with E-state index in [1.54, 1.807) is 15.8 Å². The lowest BCUT2D eigenvalue weighted by atomic mass is 9.89. The molecule has 1 aromatic carbocycles. The highest BCUT2D eigenvalue weighted by Crippen LogP contribution is 2.29. The fraction of sp³-hybridized carbons (Fsp3) is 0.450. The Hall–Kier alpha value is -2.45. The first-order valence-electron chi connectivity index (χ1n) is 9.40. The number of anilines is 1. The molecule has 9 heteroatoms. The number of carbonyl (C=O) groups is 2. The zero-order valence-electron chi connectivity index (χ0n) is 16.8. The summed E-state index contributed by atoms with van der Waals surface area (Å²) < 4.78 is 14.7. The van der Waals surface area contributed by atoms with E-state index in [4.69, 9.17) is 0 Å². The molecule has 158 valence electrons. The summed E-state index contributed by atoms with van der Waals surface area (Å²) in [4.78, 5) is 27.3. The van der Waals surface area contributed by atoms with Crippen LogP contribution in [0.5, 0.6) is 0 Å². The van der Waals surface area contributed by atoms with Crippen LogP contribution in [-0.4, -0.2) is 52.2 Å². The summed E-state index contributed by atoms with van der Waals surface area (Å²) in [5.74, 6) is -0.944. The summed E-state index contributed by atoms with van der Waals surface area (Å²) >= 11 is 0. The van der Waals surface area contributed by atoms with Crippen LogP contribution in [0.1, 0.15) is 25.3 Å². The summed E-state index contributed by atoms with van der Waals surface area (Å²) in [5, 5.41) is 10.2. The minimum atomic E-state index is -0.368. The number of hydrogen-bond donors (Lipinski definition) is 2. The monoisotopic (exact) mass is 423 g/mol. The van der Waals surface area contributed by atoms with Gasteiger partial charge >= 0.3 is 0 Å². The third-order valence-corrected chi connectivity index (χ3v) is 5.03. The van der Waals surface area contributed by atoms with E-state index < -0.39 is 0 Å². The van der Waals surface area contributed by atoms with E-state index in [1.807, 2.05) is 27.1 Å². The largest absolute Gasteiger partial charge is 0.331 e. The molecule has 1 fully saturated rings. The average molecular weight is 424 g/mol. The lowest BCUT2D eigenvalue weighted by Crippen LogP contribution is -2.46. The summed E-state index contributed by atoms with van der Waals surface area (Å²) in [6, 6.07) is 5.43. The van der Waals surface area contributed by atoms with Crippen molar-refractivity contribution in [1.29, 1.82) is 0 Å². The third-order valence-electron chi connectivity index (χ3n) is 5.03. The maximum atomic E-state index is 13.2. The van der Waals surface area contributed by atoms with Crippen LogP contribution < -0.4 is 10.6 Å². The quantitative estimate of drug-likeness (QED) is 0.746. The van der Waals surface area contributed by atoms with Crippen LogP contribution in [0, 0.1) is 11.7 Å². The number of aromatic nitrogens is 2. The van der Waals surface area contributed by atoms with E-state index in [2.05, 4.69) is 15.7 Å². The van der Waals surface area contributed by atoms with Crippen molar-refractivity contribution >= 4 is 29.9 Å². The molecule has 0 aliphatic carbocycles. The van der Waals surface area contributed by atoms with Crippen LogP contribution in [0.15, 0.2) is 36.7 Å². The molecular weight excluding hydrogens is 397 g/mol. The summed E-state index contributed by atoms with van der Waals surface area (Å²) in [7, 11) is 1.85. The van der Waals surface area contributed by atoms with E-state index in [-0.39, 0.29) is 54.5 Å². The van der Waals surface area contributed by atoms with Gasteiger partial charge in [-0.1, -0.05) is 0 Å². The molecule has 2 N–H and O–H groups in total. The van der Waals surface area contributed by atoms with Gasteiger partial charge in [0.2, 0.25) is 11.8 Å². The second-order valence-corrected chi connectivity index (χ2v) is 7.43. The lowest BCUT2D eigenvalue weighted by molar-refractivity contribution is -0.140. The number of halogens is 2. The van der Waals surface area contributed by atoms with Gasteiger partial charge in [-0.15, -0.1) is 12.4 Å². The molecular formula is C20H27ClFN5O2. The molecule has 2 heterocycles. The molecule has 29 heavy (non-hydrogen) atoms. The summed E-state index contributed by atoms with van der Waals surface area (Å²) in [6.07, 6.45) is 3.72. The fourth-order valence-electron chi connectivity index (χ4n) is 3.54. The van der Waals surface area contributed by atoms with Gasteiger partial charge in [-0.25, -0.2) is 4.39 Å². The van der Waals surface area contributed by atoms with Crippen molar-refractivity contribution in [2.75, 3.05) is 25.0 Å². The van der Waals surface area contributed by atoms with Crippen molar-refractivity contribution in [3.63, 3.8) is 0 Å². The molecule has 0 unspecified atom stereocenters. The summed E-state index contributed by atoms with van der Waals surface area (Å²) in [5.41, 5.74) is 1.52. The number of aryl methyl sites for hydroxylation is 1. The normalized spacial score (nSPS) is 18.4. The molecule has 0 radical (unpaired) electrons. The number of benzene rings is 1. The van der Waals surface area contributed by atoms with Gasteiger partial charge in [-0.3, -0.25) is 14.3 Å². The van der Waals surface area contributed by atoms with Crippen molar-refractivity contribution < 1.29 is 14.0 Å². The first-order valence-corrected chi connectivity index (χ1v) is 9.40. The highest BCUT2D eigenvalue weighted by atomic mass is 35.5. The Labute approximate surface area is 176 Å². The molecule has 1 aliphatic rings. The maximum absolute atomic E-state index is 13.2. The highest BCUT2D eigenvalue weighted by Gasteiger charge is 2.38. The van der Waals surface area contributed by atoms with Gasteiger partial charge in [0, 0.05) is 44.0 Å². The van der Waals surface area contributed by atoms with Gasteiger partial charge in [-0.2, -0.15) is 5.10 Å². The van der Waals surface area contributed by atoms with Crippen LogP contribution in [-0.2, 0) is 16.6 Å². The second-order valence-electron chi connectivity index (χ2n) is 7.43. The Morgan fingerprint density at radius 3 is 2.59 bits per heavy atom. The van der Waals surface area contributed by atoms with Crippen LogP contribution >= 0.6 is 12.4 Å². The molecule has 1 aliphatic heterocycles. The number of amides is 2. The van der Waals surface area contributed by atoms with Gasteiger partial charge in [0.05, 0.1) is 12.1 Å². The van der Waals surface area contributed by atoms with Gasteiger partial charge in [0.1, 0.15) is 12.4 Å². The van der Waals surface area contributed by atoms with Gasteiger partial charge in [0.25, 0.3) is 0 Å². The number of carbonyl (C=O) groups excluding carboxylic acids is 2. The topological polar surface area (TPSA) is 79.3 Å². The molecule has 1 saturated heterocycles. The lowest BCUT2D eigenvalue weighted by Gasteiger charge is -2.30. The molecule has 2 amide bonds. The van der Waals surface area contributed by atoms with E-state index >= 15 is 0 Å². The standard InChI is InChI=1S/C20H26FN5O2.ClH/c1-13(2)26(12-19(27)24-16-6-4-15(21)5-7-16)20(28)18-10-22-9-17(18)14-8-23-25(3)11-14;/h4-8,11,13,17-18,22H,9-10,12H2,1-3H3,(H,24,27);1H/t17-,18+;/m1./s1. The molecule has 2 atom stereocenters. The Morgan fingerprint density at radius 2 is 2.00 bits per heavy atom. The molecule has 3 rings (SSSR count). The van der Waals surface area contributed by atoms with Crippen molar-refractivity contribution in [3.05, 3.63) is 48.0 Å². The number of hydrogen-bond acceptors (Lipinski definition) is 4. The predicted octanol–water partition coefficient (Wildman–Crippen LogP) is 2.16. The van der Waals surface area contributed by atoms with E-state index in [9.17, 15) is 14.0 Å². The number of nitrogens with zero attached hydrogens (tertiary/aromatic N) is 3. The fourth-order valence-corrected chi connectivity index (χ4v) is 3.54. The minimum Gasteiger partial charge on any atom is -0.331 e. The van der Waals surface area contributed by atoms with Gasteiger partial charge < -0.3 is 15.5 Å². The van der Waals surface area contributed by atoms with Crippen LogP contribution in [0.3, 0.4) is 0 Å². The predicted molar refractivity (Wildman–Crippen MR) is 111 cm³/mol. The Kier molecular flexibility index (Phi) is 7.75. The molecule has 2 aromatic rings. The SMILES string of the molecule is CC(C)N(CC(=O)Nc1ccc(F)cc1)C(=O)[C@H]1CNC[C@@H]1c1cnn(C)c1.Cl. The summed E-state index contributed by atoms with van der Waals surface area (Å²) in [6.45, 7) is 5.01. The maximum Gasteiger partial charge on any atom is 0.244 e. The van der Waals surface area contributed by atoms with Crippen molar-refractivity contribution in [2.24, 2.45) is 13.0 Å². The van der Waals surface area contributed by atoms with E-state index in [0.717, 1.165) is 5.56 Å². The van der Waals surface area contributed by atoms with Crippen LogP contribution in [0.25, 0.3) is 0 Å². The Balaban J connectivity index is 0.00000300. The van der Waals surface area contributed by atoms with E-state index in [0.29, 0.717) is 18.8 Å². The number of nitrogens with one attached hydrogen (secondary N) is 2. The molecule has 1 aromatic heterocycles. The van der Waals surface area contributed by atoms with Crippen molar-refractivity contribution in [2.45, 2.75) is 25.8 Å². The molecule has 0 spiro atoms. The zero-order valence-corrected chi connectivity index (χ0v) is 17.6. The van der Waals surface area contributed by atoms with Gasteiger partial charge in [0.15, 0.2) is 0 Å². The smallest absolute Gasteiger partial charge is 0.244 e. The molecule has 0 saturated carbocycles. The van der Waals surface area contributed by atoms with Gasteiger partial charge in [-0.05, 0) is 43.7 Å². The van der Waals surface area contributed by atoms with Crippen LogP contribution in [0.4, 0.5) is 10.1 Å². The van der Waals surface area contributed by atoms with Crippen molar-refractivity contribution in [3.8, 4) is 0 Å². The van der Waals surface area contributed by atoms with E-state index in [1.165, 1.54) is 24.3 Å². The minimum absolute atomic E-state index is 0.